The van der Waals surface area contributed by atoms with Gasteiger partial charge in [-0.05, 0) is 17.5 Å². The van der Waals surface area contributed by atoms with E-state index in [4.69, 9.17) is 0 Å². The first-order valence-corrected chi connectivity index (χ1v) is 6.74. The van der Waals surface area contributed by atoms with Crippen LogP contribution in [-0.4, -0.2) is 17.6 Å². The lowest BCUT2D eigenvalue weighted by Gasteiger charge is -2.19. The molecule has 2 rings (SSSR count). The largest absolute Gasteiger partial charge is 0.299 e. The minimum atomic E-state index is -0.818. The van der Waals surface area contributed by atoms with Gasteiger partial charge in [0.1, 0.15) is 11.7 Å². The number of nitrogens with zero attached hydrogens (tertiary/aromatic N) is 1. The van der Waals surface area contributed by atoms with Crippen molar-refractivity contribution in [2.24, 2.45) is 11.3 Å². The Labute approximate surface area is 118 Å². The quantitative estimate of drug-likeness (QED) is 0.628. The predicted octanol–water partition coefficient (Wildman–Crippen LogP) is 2.57. The molecule has 1 heterocycles. The zero-order valence-electron chi connectivity index (χ0n) is 12.1. The van der Waals surface area contributed by atoms with E-state index in [-0.39, 0.29) is 23.5 Å². The van der Waals surface area contributed by atoms with Crippen molar-refractivity contribution in [3.05, 3.63) is 30.3 Å². The molecule has 20 heavy (non-hydrogen) atoms. The summed E-state index contributed by atoms with van der Waals surface area (Å²) in [4.78, 5) is 37.7. The molecular weight excluding hydrogens is 254 g/mol. The van der Waals surface area contributed by atoms with Gasteiger partial charge in [0.2, 0.25) is 11.8 Å². The molecule has 0 N–H and O–H groups in total. The molecule has 0 bridgehead atoms. The average Bonchev–Trinajstić information content (AvgIpc) is 2.64. The maximum absolute atomic E-state index is 12.3. The van der Waals surface area contributed by atoms with Gasteiger partial charge in [-0.2, -0.15) is 0 Å². The summed E-state index contributed by atoms with van der Waals surface area (Å²) >= 11 is 0. The van der Waals surface area contributed by atoms with Gasteiger partial charge >= 0.3 is 0 Å². The highest BCUT2D eigenvalue weighted by molar-refractivity contribution is 6.26. The van der Waals surface area contributed by atoms with Crippen LogP contribution in [0.1, 0.15) is 33.6 Å². The summed E-state index contributed by atoms with van der Waals surface area (Å²) in [7, 11) is 0. The molecule has 1 aliphatic rings. The van der Waals surface area contributed by atoms with Crippen molar-refractivity contribution < 1.29 is 14.4 Å². The van der Waals surface area contributed by atoms with Crippen molar-refractivity contribution in [3.8, 4) is 0 Å². The van der Waals surface area contributed by atoms with Crippen LogP contribution in [0.5, 0.6) is 0 Å². The Balaban J connectivity index is 2.19. The SMILES string of the molecule is CC(C)(C)CC(=O)C1CC(=O)N(c2ccccc2)C1=O. The Morgan fingerprint density at radius 2 is 1.80 bits per heavy atom. The van der Waals surface area contributed by atoms with Gasteiger partial charge in [0, 0.05) is 12.8 Å². The van der Waals surface area contributed by atoms with Gasteiger partial charge in [0.15, 0.2) is 0 Å². The molecule has 4 nitrogen and oxygen atoms in total. The van der Waals surface area contributed by atoms with Crippen LogP contribution in [0, 0.1) is 11.3 Å². The predicted molar refractivity (Wildman–Crippen MR) is 76.1 cm³/mol. The molecule has 106 valence electrons. The second-order valence-corrected chi connectivity index (χ2v) is 6.36. The number of imide groups is 1. The third-order valence-corrected chi connectivity index (χ3v) is 3.25. The number of hydrogen-bond acceptors (Lipinski definition) is 3. The molecule has 1 atom stereocenters. The molecule has 4 heteroatoms. The molecule has 1 aromatic rings. The molecule has 1 unspecified atom stereocenters. The number of anilines is 1. The summed E-state index contributed by atoms with van der Waals surface area (Å²) in [5.41, 5.74) is 0.356. The van der Waals surface area contributed by atoms with E-state index in [1.165, 1.54) is 0 Å². The summed E-state index contributed by atoms with van der Waals surface area (Å²) in [5, 5.41) is 0. The van der Waals surface area contributed by atoms with Crippen LogP contribution in [0.4, 0.5) is 5.69 Å². The molecule has 0 spiro atoms. The van der Waals surface area contributed by atoms with Gasteiger partial charge in [0.05, 0.1) is 5.69 Å². The molecule has 1 aliphatic heterocycles. The zero-order valence-corrected chi connectivity index (χ0v) is 12.1. The third kappa shape index (κ3) is 2.95. The van der Waals surface area contributed by atoms with Crippen molar-refractivity contribution in [2.45, 2.75) is 33.6 Å². The number of amides is 2. The number of hydrogen-bond donors (Lipinski definition) is 0. The maximum atomic E-state index is 12.3. The average molecular weight is 273 g/mol. The summed E-state index contributed by atoms with van der Waals surface area (Å²) in [6.45, 7) is 5.84. The Bertz CT molecular complexity index is 543. The Kier molecular flexibility index (Phi) is 3.75. The normalized spacial score (nSPS) is 19.6. The van der Waals surface area contributed by atoms with Crippen molar-refractivity contribution >= 4 is 23.3 Å². The van der Waals surface area contributed by atoms with Gasteiger partial charge in [-0.25, -0.2) is 4.90 Å². The van der Waals surface area contributed by atoms with Crippen LogP contribution >= 0.6 is 0 Å². The fraction of sp³-hybridized carbons (Fsp3) is 0.438. The highest BCUT2D eigenvalue weighted by Gasteiger charge is 2.43. The van der Waals surface area contributed by atoms with Crippen LogP contribution in [0.15, 0.2) is 30.3 Å². The first-order chi connectivity index (χ1) is 9.29. The topological polar surface area (TPSA) is 54.5 Å². The van der Waals surface area contributed by atoms with Gasteiger partial charge in [-0.1, -0.05) is 39.0 Å². The summed E-state index contributed by atoms with van der Waals surface area (Å²) < 4.78 is 0. The standard InChI is InChI=1S/C16H19NO3/c1-16(2,3)10-13(18)12-9-14(19)17(15(12)20)11-7-5-4-6-8-11/h4-8,12H,9-10H2,1-3H3. The summed E-state index contributed by atoms with van der Waals surface area (Å²) in [5.74, 6) is -1.65. The highest BCUT2D eigenvalue weighted by atomic mass is 16.2. The molecule has 0 radical (unpaired) electrons. The highest BCUT2D eigenvalue weighted by Crippen LogP contribution is 2.30. The molecule has 0 aliphatic carbocycles. The molecule has 1 fully saturated rings. The fourth-order valence-electron chi connectivity index (χ4n) is 2.38. The van der Waals surface area contributed by atoms with Crippen LogP contribution < -0.4 is 4.90 Å². The van der Waals surface area contributed by atoms with Crippen LogP contribution in [0.25, 0.3) is 0 Å². The fourth-order valence-corrected chi connectivity index (χ4v) is 2.38. The van der Waals surface area contributed by atoms with Gasteiger partial charge in [-0.3, -0.25) is 14.4 Å². The second kappa shape index (κ2) is 5.19. The molecule has 0 aromatic heterocycles. The number of benzene rings is 1. The smallest absolute Gasteiger partial charge is 0.244 e. The third-order valence-electron chi connectivity index (χ3n) is 3.25. The molecule has 1 aromatic carbocycles. The van der Waals surface area contributed by atoms with E-state index in [0.29, 0.717) is 12.1 Å². The number of rotatable bonds is 3. The first-order valence-electron chi connectivity index (χ1n) is 6.74. The van der Waals surface area contributed by atoms with E-state index in [0.717, 1.165) is 4.90 Å². The molecule has 2 amide bonds. The van der Waals surface area contributed by atoms with E-state index >= 15 is 0 Å². The number of ketones is 1. The lowest BCUT2D eigenvalue weighted by molar-refractivity contribution is -0.131. The molecule has 1 saturated heterocycles. The Hall–Kier alpha value is -1.97. The Morgan fingerprint density at radius 1 is 1.20 bits per heavy atom. The van der Waals surface area contributed by atoms with Crippen molar-refractivity contribution in [3.63, 3.8) is 0 Å². The van der Waals surface area contributed by atoms with Crippen LogP contribution in [0.3, 0.4) is 0 Å². The van der Waals surface area contributed by atoms with Gasteiger partial charge < -0.3 is 0 Å². The first kappa shape index (κ1) is 14.4. The maximum Gasteiger partial charge on any atom is 0.244 e. The van der Waals surface area contributed by atoms with E-state index in [2.05, 4.69) is 0 Å². The Morgan fingerprint density at radius 3 is 2.35 bits per heavy atom. The number of para-hydroxylation sites is 1. The van der Waals surface area contributed by atoms with Crippen LogP contribution in [0.2, 0.25) is 0 Å². The van der Waals surface area contributed by atoms with E-state index < -0.39 is 11.8 Å². The minimum absolute atomic E-state index is 0.0113. The summed E-state index contributed by atoms with van der Waals surface area (Å²) in [6.07, 6.45) is 0.294. The van der Waals surface area contributed by atoms with E-state index in [1.807, 2.05) is 26.8 Å². The van der Waals surface area contributed by atoms with E-state index in [1.54, 1.807) is 24.3 Å². The van der Waals surface area contributed by atoms with Gasteiger partial charge in [-0.15, -0.1) is 0 Å². The van der Waals surface area contributed by atoms with Crippen molar-refractivity contribution in [1.82, 2.24) is 0 Å². The van der Waals surface area contributed by atoms with Crippen molar-refractivity contribution in [2.75, 3.05) is 4.90 Å². The monoisotopic (exact) mass is 273 g/mol. The number of Topliss-reactive ketones (excluding diaryl/α,β-unsaturated/α-hetero) is 1. The second-order valence-electron chi connectivity index (χ2n) is 6.36. The summed E-state index contributed by atoms with van der Waals surface area (Å²) in [6, 6.07) is 8.75. The van der Waals surface area contributed by atoms with E-state index in [9.17, 15) is 14.4 Å². The van der Waals surface area contributed by atoms with Crippen LogP contribution in [-0.2, 0) is 14.4 Å². The van der Waals surface area contributed by atoms with Gasteiger partial charge in [0.25, 0.3) is 0 Å². The molecule has 0 saturated carbocycles. The number of carbonyl (C=O) groups is 3. The lowest BCUT2D eigenvalue weighted by Crippen LogP contribution is -2.33. The lowest BCUT2D eigenvalue weighted by atomic mass is 9.85. The number of carbonyl (C=O) groups excluding carboxylic acids is 3. The van der Waals surface area contributed by atoms with Crippen molar-refractivity contribution in [1.29, 1.82) is 0 Å². The zero-order chi connectivity index (χ0) is 14.9. The molecular formula is C16H19NO3. The minimum Gasteiger partial charge on any atom is -0.299 e.